The van der Waals surface area contributed by atoms with Crippen LogP contribution in [0.3, 0.4) is 0 Å². The summed E-state index contributed by atoms with van der Waals surface area (Å²) in [7, 11) is 0. The molecule has 0 unspecified atom stereocenters. The molecule has 1 fully saturated rings. The second-order valence-corrected chi connectivity index (χ2v) is 6.56. The van der Waals surface area contributed by atoms with Gasteiger partial charge in [0.15, 0.2) is 0 Å². The molecule has 0 bridgehead atoms. The first-order valence-corrected chi connectivity index (χ1v) is 7.65. The van der Waals surface area contributed by atoms with Gasteiger partial charge in [-0.3, -0.25) is 9.59 Å². The zero-order valence-corrected chi connectivity index (χ0v) is 13.7. The van der Waals surface area contributed by atoms with E-state index in [4.69, 9.17) is 23.2 Å². The Morgan fingerprint density at radius 1 is 1.32 bits per heavy atom. The number of piperazine rings is 1. The van der Waals surface area contributed by atoms with Gasteiger partial charge >= 0.3 is 0 Å². The fourth-order valence-corrected chi connectivity index (χ4v) is 3.04. The number of nitrogens with one attached hydrogen (secondary N) is 2. The SMILES string of the molecule is CC1(C)C(=O)NCCN1C(=O)c1cc2c(Cl)c(Cl)ccc2[nH]1. The summed E-state index contributed by atoms with van der Waals surface area (Å²) in [5.41, 5.74) is 0.229. The number of amides is 2. The van der Waals surface area contributed by atoms with E-state index in [0.717, 1.165) is 5.52 Å². The van der Waals surface area contributed by atoms with E-state index >= 15 is 0 Å². The lowest BCUT2D eigenvalue weighted by molar-refractivity contribution is -0.133. The summed E-state index contributed by atoms with van der Waals surface area (Å²) in [6, 6.07) is 5.12. The molecule has 0 spiro atoms. The fraction of sp³-hybridized carbons (Fsp3) is 0.333. The Bertz CT molecular complexity index is 782. The maximum absolute atomic E-state index is 12.8. The van der Waals surface area contributed by atoms with Crippen molar-refractivity contribution < 1.29 is 9.59 Å². The number of hydrogen-bond donors (Lipinski definition) is 2. The van der Waals surface area contributed by atoms with Crippen LogP contribution in [-0.4, -0.2) is 40.3 Å². The maximum Gasteiger partial charge on any atom is 0.271 e. The predicted molar refractivity (Wildman–Crippen MR) is 86.4 cm³/mol. The van der Waals surface area contributed by atoms with Crippen molar-refractivity contribution in [2.24, 2.45) is 0 Å². The van der Waals surface area contributed by atoms with Crippen LogP contribution in [0.15, 0.2) is 18.2 Å². The van der Waals surface area contributed by atoms with Crippen LogP contribution in [0, 0.1) is 0 Å². The van der Waals surface area contributed by atoms with Gasteiger partial charge in [-0.25, -0.2) is 0 Å². The zero-order valence-electron chi connectivity index (χ0n) is 12.2. The highest BCUT2D eigenvalue weighted by atomic mass is 35.5. The van der Waals surface area contributed by atoms with E-state index in [1.54, 1.807) is 36.9 Å². The minimum Gasteiger partial charge on any atom is -0.352 e. The van der Waals surface area contributed by atoms with Crippen molar-refractivity contribution in [1.82, 2.24) is 15.2 Å². The summed E-state index contributed by atoms with van der Waals surface area (Å²) in [6.07, 6.45) is 0. The molecule has 1 saturated heterocycles. The van der Waals surface area contributed by atoms with Gasteiger partial charge in [-0.1, -0.05) is 23.2 Å². The second kappa shape index (κ2) is 5.18. The summed E-state index contributed by atoms with van der Waals surface area (Å²) in [6.45, 7) is 4.36. The van der Waals surface area contributed by atoms with E-state index in [0.29, 0.717) is 34.2 Å². The molecule has 116 valence electrons. The molecule has 0 aliphatic carbocycles. The molecule has 2 heterocycles. The number of benzene rings is 1. The molecule has 2 N–H and O–H groups in total. The molecule has 1 aromatic carbocycles. The Kier molecular flexibility index (Phi) is 3.57. The Hall–Kier alpha value is -1.72. The van der Waals surface area contributed by atoms with Crippen molar-refractivity contribution in [2.75, 3.05) is 13.1 Å². The van der Waals surface area contributed by atoms with Crippen LogP contribution in [0.1, 0.15) is 24.3 Å². The molecule has 1 aliphatic heterocycles. The highest BCUT2D eigenvalue weighted by Gasteiger charge is 2.41. The van der Waals surface area contributed by atoms with Gasteiger partial charge in [0, 0.05) is 24.0 Å². The van der Waals surface area contributed by atoms with Crippen LogP contribution in [0.2, 0.25) is 10.0 Å². The number of halogens is 2. The standard InChI is InChI=1S/C15H15Cl2N3O2/c1-15(2)14(22)18-5-6-20(15)13(21)11-7-8-10(19-11)4-3-9(16)12(8)17/h3-4,7,19H,5-6H2,1-2H3,(H,18,22). The van der Waals surface area contributed by atoms with E-state index in [2.05, 4.69) is 10.3 Å². The van der Waals surface area contributed by atoms with Crippen LogP contribution >= 0.6 is 23.2 Å². The molecular formula is C15H15Cl2N3O2. The van der Waals surface area contributed by atoms with E-state index < -0.39 is 5.54 Å². The van der Waals surface area contributed by atoms with Crippen molar-refractivity contribution >= 4 is 45.9 Å². The second-order valence-electron chi connectivity index (χ2n) is 5.78. The molecule has 1 aliphatic rings. The summed E-state index contributed by atoms with van der Waals surface area (Å²) in [4.78, 5) is 29.4. The lowest BCUT2D eigenvalue weighted by atomic mass is 9.98. The minimum atomic E-state index is -0.895. The van der Waals surface area contributed by atoms with Gasteiger partial charge in [-0.15, -0.1) is 0 Å². The quantitative estimate of drug-likeness (QED) is 0.838. The van der Waals surface area contributed by atoms with Gasteiger partial charge in [0.05, 0.1) is 10.0 Å². The smallest absolute Gasteiger partial charge is 0.271 e. The van der Waals surface area contributed by atoms with Crippen LogP contribution in [0.25, 0.3) is 10.9 Å². The van der Waals surface area contributed by atoms with Crippen molar-refractivity contribution in [2.45, 2.75) is 19.4 Å². The summed E-state index contributed by atoms with van der Waals surface area (Å²) >= 11 is 12.2. The Morgan fingerprint density at radius 3 is 2.77 bits per heavy atom. The first kappa shape index (κ1) is 15.2. The first-order valence-electron chi connectivity index (χ1n) is 6.89. The van der Waals surface area contributed by atoms with Crippen LogP contribution in [-0.2, 0) is 4.79 Å². The van der Waals surface area contributed by atoms with Gasteiger partial charge in [0.25, 0.3) is 5.91 Å². The molecule has 7 heteroatoms. The lowest BCUT2D eigenvalue weighted by Gasteiger charge is -2.40. The number of H-pyrrole nitrogens is 1. The Morgan fingerprint density at radius 2 is 2.05 bits per heavy atom. The summed E-state index contributed by atoms with van der Waals surface area (Å²) < 4.78 is 0. The van der Waals surface area contributed by atoms with Crippen molar-refractivity contribution in [1.29, 1.82) is 0 Å². The van der Waals surface area contributed by atoms with Gasteiger partial charge in [-0.2, -0.15) is 0 Å². The van der Waals surface area contributed by atoms with Crippen molar-refractivity contribution in [3.05, 3.63) is 33.9 Å². The predicted octanol–water partition coefficient (Wildman–Crippen LogP) is 2.83. The monoisotopic (exact) mass is 339 g/mol. The van der Waals surface area contributed by atoms with Gasteiger partial charge < -0.3 is 15.2 Å². The van der Waals surface area contributed by atoms with E-state index in [1.165, 1.54) is 0 Å². The first-order chi connectivity index (χ1) is 10.3. The highest BCUT2D eigenvalue weighted by molar-refractivity contribution is 6.45. The lowest BCUT2D eigenvalue weighted by Crippen LogP contribution is -2.63. The van der Waals surface area contributed by atoms with Gasteiger partial charge in [0.2, 0.25) is 5.91 Å². The van der Waals surface area contributed by atoms with Crippen LogP contribution in [0.4, 0.5) is 0 Å². The Balaban J connectivity index is 2.02. The number of aromatic nitrogens is 1. The number of fused-ring (bicyclic) bond motifs is 1. The molecule has 3 rings (SSSR count). The molecule has 2 aromatic rings. The van der Waals surface area contributed by atoms with E-state index in [-0.39, 0.29) is 11.8 Å². The van der Waals surface area contributed by atoms with E-state index in [1.807, 2.05) is 0 Å². The molecular weight excluding hydrogens is 325 g/mol. The number of hydrogen-bond acceptors (Lipinski definition) is 2. The topological polar surface area (TPSA) is 65.2 Å². The summed E-state index contributed by atoms with van der Waals surface area (Å²) in [5, 5.41) is 4.30. The number of aromatic amines is 1. The number of nitrogens with zero attached hydrogens (tertiary/aromatic N) is 1. The van der Waals surface area contributed by atoms with E-state index in [9.17, 15) is 9.59 Å². The normalized spacial score (nSPS) is 17.6. The van der Waals surface area contributed by atoms with Crippen LogP contribution < -0.4 is 5.32 Å². The summed E-state index contributed by atoms with van der Waals surface area (Å²) in [5.74, 6) is -0.396. The largest absolute Gasteiger partial charge is 0.352 e. The third-order valence-electron chi connectivity index (χ3n) is 4.02. The fourth-order valence-electron chi connectivity index (χ4n) is 2.66. The third-order valence-corrected chi connectivity index (χ3v) is 4.84. The Labute approximate surface area is 137 Å². The van der Waals surface area contributed by atoms with Crippen LogP contribution in [0.5, 0.6) is 0 Å². The number of carbonyl (C=O) groups excluding carboxylic acids is 2. The molecule has 0 saturated carbocycles. The van der Waals surface area contributed by atoms with Gasteiger partial charge in [0.1, 0.15) is 11.2 Å². The molecule has 0 radical (unpaired) electrons. The maximum atomic E-state index is 12.8. The van der Waals surface area contributed by atoms with Gasteiger partial charge in [-0.05, 0) is 32.0 Å². The number of carbonyl (C=O) groups is 2. The molecule has 22 heavy (non-hydrogen) atoms. The molecule has 5 nitrogen and oxygen atoms in total. The third kappa shape index (κ3) is 2.25. The van der Waals surface area contributed by atoms with Crippen molar-refractivity contribution in [3.8, 4) is 0 Å². The molecule has 2 amide bonds. The average molecular weight is 340 g/mol. The minimum absolute atomic E-state index is 0.163. The number of rotatable bonds is 1. The van der Waals surface area contributed by atoms with Crippen molar-refractivity contribution in [3.63, 3.8) is 0 Å². The molecule has 0 atom stereocenters. The molecule has 1 aromatic heterocycles. The highest BCUT2D eigenvalue weighted by Crippen LogP contribution is 2.32. The average Bonchev–Trinajstić information content (AvgIpc) is 2.90. The zero-order chi connectivity index (χ0) is 16.1.